The highest BCUT2D eigenvalue weighted by atomic mass is 32.2. The number of carbonyl (C=O) groups excluding carboxylic acids is 1. The number of aryl methyl sites for hydroxylation is 2. The second kappa shape index (κ2) is 6.79. The number of fused-ring (bicyclic) bond motifs is 1. The molecule has 116 valence electrons. The molecular formula is C18H17N3OS. The molecule has 0 saturated heterocycles. The van der Waals surface area contributed by atoms with Crippen molar-refractivity contribution in [3.8, 4) is 0 Å². The lowest BCUT2D eigenvalue weighted by atomic mass is 10.2. The van der Waals surface area contributed by atoms with Crippen molar-refractivity contribution < 1.29 is 4.79 Å². The number of anilines is 1. The maximum atomic E-state index is 12.1. The molecule has 23 heavy (non-hydrogen) atoms. The van der Waals surface area contributed by atoms with Crippen LogP contribution in [-0.4, -0.2) is 21.6 Å². The van der Waals surface area contributed by atoms with E-state index in [9.17, 15) is 4.79 Å². The van der Waals surface area contributed by atoms with Gasteiger partial charge in [-0.15, -0.1) is 0 Å². The fourth-order valence-electron chi connectivity index (χ4n) is 2.32. The largest absolute Gasteiger partial charge is 0.325 e. The van der Waals surface area contributed by atoms with Crippen LogP contribution in [0.3, 0.4) is 0 Å². The summed E-state index contributed by atoms with van der Waals surface area (Å²) in [5.41, 5.74) is 2.84. The fourth-order valence-corrected chi connectivity index (χ4v) is 3.19. The third-order valence-electron chi connectivity index (χ3n) is 3.32. The molecule has 2 aromatic carbocycles. The zero-order chi connectivity index (χ0) is 16.2. The molecule has 5 heteroatoms. The first-order chi connectivity index (χ1) is 11.1. The van der Waals surface area contributed by atoms with E-state index in [1.807, 2.05) is 62.4 Å². The summed E-state index contributed by atoms with van der Waals surface area (Å²) >= 11 is 1.43. The van der Waals surface area contributed by atoms with Crippen LogP contribution in [0.1, 0.15) is 11.4 Å². The molecule has 1 aromatic heterocycles. The molecule has 0 aliphatic carbocycles. The lowest BCUT2D eigenvalue weighted by molar-refractivity contribution is -0.113. The van der Waals surface area contributed by atoms with Crippen LogP contribution < -0.4 is 5.32 Å². The highest BCUT2D eigenvalue weighted by Gasteiger charge is 2.09. The van der Waals surface area contributed by atoms with E-state index in [1.165, 1.54) is 11.8 Å². The summed E-state index contributed by atoms with van der Waals surface area (Å²) in [5, 5.41) is 4.73. The van der Waals surface area contributed by atoms with Crippen molar-refractivity contribution in [1.29, 1.82) is 0 Å². The van der Waals surface area contributed by atoms with Crippen molar-refractivity contribution in [1.82, 2.24) is 9.97 Å². The van der Waals surface area contributed by atoms with Crippen LogP contribution in [0.25, 0.3) is 10.9 Å². The topological polar surface area (TPSA) is 54.9 Å². The predicted octanol–water partition coefficient (Wildman–Crippen LogP) is 3.98. The number of thioether (sulfide) groups is 1. The van der Waals surface area contributed by atoms with Crippen molar-refractivity contribution in [3.63, 3.8) is 0 Å². The van der Waals surface area contributed by atoms with Gasteiger partial charge in [0.2, 0.25) is 5.91 Å². The maximum absolute atomic E-state index is 12.1. The van der Waals surface area contributed by atoms with Crippen molar-refractivity contribution >= 4 is 34.3 Å². The van der Waals surface area contributed by atoms with Gasteiger partial charge in [0, 0.05) is 11.1 Å². The number of hydrogen-bond acceptors (Lipinski definition) is 4. The Morgan fingerprint density at radius 1 is 1.09 bits per heavy atom. The summed E-state index contributed by atoms with van der Waals surface area (Å²) in [6.07, 6.45) is 0. The SMILES string of the molecule is Cc1cccc(NC(=O)CSc2nc(C)nc3ccccc23)c1. The summed E-state index contributed by atoms with van der Waals surface area (Å²) in [6, 6.07) is 15.6. The molecule has 0 aliphatic heterocycles. The minimum Gasteiger partial charge on any atom is -0.325 e. The summed E-state index contributed by atoms with van der Waals surface area (Å²) < 4.78 is 0. The predicted molar refractivity (Wildman–Crippen MR) is 94.8 cm³/mol. The first kappa shape index (κ1) is 15.5. The van der Waals surface area contributed by atoms with Gasteiger partial charge < -0.3 is 5.32 Å². The molecule has 0 aliphatic rings. The Balaban J connectivity index is 1.72. The average Bonchev–Trinajstić information content (AvgIpc) is 2.52. The van der Waals surface area contributed by atoms with Crippen LogP contribution >= 0.6 is 11.8 Å². The van der Waals surface area contributed by atoms with E-state index in [4.69, 9.17) is 0 Å². The van der Waals surface area contributed by atoms with E-state index in [0.29, 0.717) is 11.6 Å². The smallest absolute Gasteiger partial charge is 0.234 e. The molecule has 4 nitrogen and oxygen atoms in total. The van der Waals surface area contributed by atoms with E-state index in [1.54, 1.807) is 0 Å². The first-order valence-corrected chi connectivity index (χ1v) is 8.33. The number of nitrogens with one attached hydrogen (secondary N) is 1. The number of carbonyl (C=O) groups is 1. The Morgan fingerprint density at radius 2 is 1.91 bits per heavy atom. The van der Waals surface area contributed by atoms with Crippen molar-refractivity contribution in [3.05, 3.63) is 59.9 Å². The van der Waals surface area contributed by atoms with Crippen molar-refractivity contribution in [2.45, 2.75) is 18.9 Å². The van der Waals surface area contributed by atoms with Crippen LogP contribution in [0, 0.1) is 13.8 Å². The van der Waals surface area contributed by atoms with Crippen molar-refractivity contribution in [2.75, 3.05) is 11.1 Å². The second-order valence-corrected chi connectivity index (χ2v) is 6.26. The summed E-state index contributed by atoms with van der Waals surface area (Å²) in [7, 11) is 0. The summed E-state index contributed by atoms with van der Waals surface area (Å²) in [5.74, 6) is 0.986. The Hall–Kier alpha value is -2.40. The monoisotopic (exact) mass is 323 g/mol. The fraction of sp³-hybridized carbons (Fsp3) is 0.167. The molecule has 0 radical (unpaired) electrons. The third-order valence-corrected chi connectivity index (χ3v) is 4.31. The van der Waals surface area contributed by atoms with Gasteiger partial charge >= 0.3 is 0 Å². The van der Waals surface area contributed by atoms with Gasteiger partial charge in [0.1, 0.15) is 10.9 Å². The van der Waals surface area contributed by atoms with Gasteiger partial charge in [-0.1, -0.05) is 42.1 Å². The van der Waals surface area contributed by atoms with E-state index in [0.717, 1.165) is 27.2 Å². The zero-order valence-corrected chi connectivity index (χ0v) is 13.9. The number of para-hydroxylation sites is 1. The van der Waals surface area contributed by atoms with Gasteiger partial charge in [0.25, 0.3) is 0 Å². The molecule has 3 aromatic rings. The first-order valence-electron chi connectivity index (χ1n) is 7.34. The summed E-state index contributed by atoms with van der Waals surface area (Å²) in [4.78, 5) is 21.0. The Bertz CT molecular complexity index is 864. The minimum atomic E-state index is -0.0408. The standard InChI is InChI=1S/C18H17N3OS/c1-12-6-5-7-14(10-12)21-17(22)11-23-18-15-8-3-4-9-16(15)19-13(2)20-18/h3-10H,11H2,1-2H3,(H,21,22). The Morgan fingerprint density at radius 3 is 2.74 bits per heavy atom. The number of benzene rings is 2. The zero-order valence-electron chi connectivity index (χ0n) is 13.0. The maximum Gasteiger partial charge on any atom is 0.234 e. The number of nitrogens with zero attached hydrogens (tertiary/aromatic N) is 2. The highest BCUT2D eigenvalue weighted by molar-refractivity contribution is 8.00. The number of amides is 1. The lowest BCUT2D eigenvalue weighted by Gasteiger charge is -2.08. The van der Waals surface area contributed by atoms with Gasteiger partial charge in [-0.3, -0.25) is 4.79 Å². The Kier molecular flexibility index (Phi) is 4.57. The molecule has 0 unspecified atom stereocenters. The molecule has 0 spiro atoms. The molecule has 3 rings (SSSR count). The van der Waals surface area contributed by atoms with Gasteiger partial charge in [-0.25, -0.2) is 9.97 Å². The minimum absolute atomic E-state index is 0.0408. The molecule has 1 N–H and O–H groups in total. The number of rotatable bonds is 4. The quantitative estimate of drug-likeness (QED) is 0.583. The van der Waals surface area contributed by atoms with Gasteiger partial charge in [0.05, 0.1) is 11.3 Å². The van der Waals surface area contributed by atoms with Crippen LogP contribution in [0.15, 0.2) is 53.6 Å². The second-order valence-electron chi connectivity index (χ2n) is 5.30. The molecular weight excluding hydrogens is 306 g/mol. The van der Waals surface area contributed by atoms with Gasteiger partial charge in [-0.05, 0) is 37.6 Å². The normalized spacial score (nSPS) is 10.7. The van der Waals surface area contributed by atoms with Gasteiger partial charge in [0.15, 0.2) is 0 Å². The van der Waals surface area contributed by atoms with Gasteiger partial charge in [-0.2, -0.15) is 0 Å². The molecule has 0 bridgehead atoms. The van der Waals surface area contributed by atoms with Crippen molar-refractivity contribution in [2.24, 2.45) is 0 Å². The average molecular weight is 323 g/mol. The lowest BCUT2D eigenvalue weighted by Crippen LogP contribution is -2.14. The Labute approximate surface area is 139 Å². The van der Waals surface area contributed by atoms with E-state index in [2.05, 4.69) is 15.3 Å². The number of aromatic nitrogens is 2. The molecule has 1 heterocycles. The molecule has 0 atom stereocenters. The summed E-state index contributed by atoms with van der Waals surface area (Å²) in [6.45, 7) is 3.86. The van der Waals surface area contributed by atoms with Crippen LogP contribution in [-0.2, 0) is 4.79 Å². The van der Waals surface area contributed by atoms with Crippen LogP contribution in [0.4, 0.5) is 5.69 Å². The number of hydrogen-bond donors (Lipinski definition) is 1. The highest BCUT2D eigenvalue weighted by Crippen LogP contribution is 2.25. The van der Waals surface area contributed by atoms with E-state index >= 15 is 0 Å². The van der Waals surface area contributed by atoms with E-state index in [-0.39, 0.29) is 5.91 Å². The van der Waals surface area contributed by atoms with Crippen LogP contribution in [0.5, 0.6) is 0 Å². The van der Waals surface area contributed by atoms with Crippen LogP contribution in [0.2, 0.25) is 0 Å². The third kappa shape index (κ3) is 3.87. The molecule has 0 fully saturated rings. The molecule has 0 saturated carbocycles. The molecule has 1 amide bonds. The van der Waals surface area contributed by atoms with E-state index < -0.39 is 0 Å².